The fourth-order valence-electron chi connectivity index (χ4n) is 1.78. The van der Waals surface area contributed by atoms with E-state index in [4.69, 9.17) is 10.2 Å². The monoisotopic (exact) mass is 370 g/mol. The minimum atomic E-state index is -1.20. The summed E-state index contributed by atoms with van der Waals surface area (Å²) in [6.45, 7) is 0. The predicted molar refractivity (Wildman–Crippen MR) is 85.3 cm³/mol. The van der Waals surface area contributed by atoms with Gasteiger partial charge >= 0.3 is 11.9 Å². The molecule has 0 aliphatic rings. The number of aliphatic carboxylic acids is 2. The second kappa shape index (κ2) is 9.97. The summed E-state index contributed by atoms with van der Waals surface area (Å²) in [6, 6.07) is 5.84. The zero-order chi connectivity index (χ0) is 19.7. The first kappa shape index (κ1) is 20.9. The highest BCUT2D eigenvalue weighted by Crippen LogP contribution is 2.12. The van der Waals surface area contributed by atoms with Crippen LogP contribution in [-0.4, -0.2) is 22.2 Å². The Balaban J connectivity index is 0.000000260. The van der Waals surface area contributed by atoms with E-state index in [0.717, 1.165) is 48.6 Å². The molecule has 0 amide bonds. The molecular weight excluding hydrogens is 356 g/mol. The molecule has 0 heterocycles. The summed E-state index contributed by atoms with van der Waals surface area (Å²) >= 11 is 0. The van der Waals surface area contributed by atoms with Crippen molar-refractivity contribution in [2.24, 2.45) is 0 Å². The number of carboxylic acid groups (broad SMARTS) is 2. The summed E-state index contributed by atoms with van der Waals surface area (Å²) in [5.41, 5.74) is 0.0183. The van der Waals surface area contributed by atoms with Crippen molar-refractivity contribution in [2.45, 2.75) is 12.8 Å². The van der Waals surface area contributed by atoms with Crippen molar-refractivity contribution >= 4 is 18.0 Å². The third kappa shape index (κ3) is 7.61. The van der Waals surface area contributed by atoms with Crippen molar-refractivity contribution in [2.75, 3.05) is 0 Å². The number of aryl methyl sites for hydroxylation is 1. The van der Waals surface area contributed by atoms with Gasteiger partial charge in [-0.2, -0.15) is 0 Å². The van der Waals surface area contributed by atoms with Gasteiger partial charge < -0.3 is 10.2 Å². The van der Waals surface area contributed by atoms with Crippen LogP contribution in [-0.2, 0) is 16.0 Å². The molecule has 0 spiro atoms. The molecule has 0 saturated carbocycles. The van der Waals surface area contributed by atoms with Crippen molar-refractivity contribution in [1.82, 2.24) is 0 Å². The van der Waals surface area contributed by atoms with E-state index in [2.05, 4.69) is 0 Å². The summed E-state index contributed by atoms with van der Waals surface area (Å²) in [5, 5.41) is 16.6. The highest BCUT2D eigenvalue weighted by atomic mass is 19.1. The molecule has 0 radical (unpaired) electrons. The van der Waals surface area contributed by atoms with E-state index >= 15 is 0 Å². The number of hydrogen-bond donors (Lipinski definition) is 2. The first-order chi connectivity index (χ1) is 12.2. The quantitative estimate of drug-likeness (QED) is 0.615. The number of carboxylic acids is 2. The van der Waals surface area contributed by atoms with Gasteiger partial charge in [-0.05, 0) is 54.5 Å². The smallest absolute Gasteiger partial charge is 0.328 e. The van der Waals surface area contributed by atoms with Crippen molar-refractivity contribution in [3.8, 4) is 0 Å². The normalized spacial score (nSPS) is 10.3. The maximum absolute atomic E-state index is 12.9. The van der Waals surface area contributed by atoms with Crippen LogP contribution in [0.5, 0.6) is 0 Å². The minimum absolute atomic E-state index is 0.0128. The van der Waals surface area contributed by atoms with Crippen LogP contribution in [0.25, 0.3) is 6.08 Å². The van der Waals surface area contributed by atoms with E-state index in [0.29, 0.717) is 0 Å². The Hall–Kier alpha value is -3.16. The van der Waals surface area contributed by atoms with Gasteiger partial charge in [0.05, 0.1) is 0 Å². The fourth-order valence-corrected chi connectivity index (χ4v) is 1.78. The van der Waals surface area contributed by atoms with Gasteiger partial charge in [0.1, 0.15) is 23.3 Å². The Morgan fingerprint density at radius 2 is 1.46 bits per heavy atom. The molecule has 4 nitrogen and oxygen atoms in total. The van der Waals surface area contributed by atoms with E-state index in [1.165, 1.54) is 0 Å². The van der Waals surface area contributed by atoms with Crippen LogP contribution in [0.1, 0.15) is 17.5 Å². The van der Waals surface area contributed by atoms with Gasteiger partial charge in [-0.25, -0.2) is 22.4 Å². The van der Waals surface area contributed by atoms with Gasteiger partial charge in [-0.1, -0.05) is 0 Å². The molecule has 0 aromatic heterocycles. The summed E-state index contributed by atoms with van der Waals surface area (Å²) < 4.78 is 50.8. The Kier molecular flexibility index (Phi) is 8.01. The topological polar surface area (TPSA) is 74.6 Å². The Morgan fingerprint density at radius 3 is 2.04 bits per heavy atom. The third-order valence-electron chi connectivity index (χ3n) is 2.98. The van der Waals surface area contributed by atoms with E-state index < -0.39 is 35.2 Å². The maximum atomic E-state index is 12.9. The van der Waals surface area contributed by atoms with Crippen LogP contribution in [0.2, 0.25) is 0 Å². The van der Waals surface area contributed by atoms with Crippen LogP contribution in [0.15, 0.2) is 42.5 Å². The molecule has 26 heavy (non-hydrogen) atoms. The minimum Gasteiger partial charge on any atom is -0.481 e. The SMILES string of the molecule is O=C(O)C=Cc1cc(F)ccc1F.O=C(O)CCc1cc(F)ccc1F. The average Bonchev–Trinajstić information content (AvgIpc) is 2.57. The lowest BCUT2D eigenvalue weighted by molar-refractivity contribution is -0.137. The summed E-state index contributed by atoms with van der Waals surface area (Å²) in [6.07, 6.45) is 1.57. The zero-order valence-electron chi connectivity index (χ0n) is 13.3. The summed E-state index contributed by atoms with van der Waals surface area (Å²) in [5.74, 6) is -4.61. The van der Waals surface area contributed by atoms with Crippen LogP contribution in [0.3, 0.4) is 0 Å². The van der Waals surface area contributed by atoms with E-state index in [1.807, 2.05) is 0 Å². The molecule has 0 aliphatic heterocycles. The highest BCUT2D eigenvalue weighted by Gasteiger charge is 2.05. The predicted octanol–water partition coefficient (Wildman–Crippen LogP) is 4.04. The van der Waals surface area contributed by atoms with Gasteiger partial charge in [-0.3, -0.25) is 4.79 Å². The van der Waals surface area contributed by atoms with Crippen molar-refractivity contribution < 1.29 is 37.4 Å². The van der Waals surface area contributed by atoms with Crippen molar-refractivity contribution in [3.05, 3.63) is 76.9 Å². The molecule has 0 aliphatic carbocycles. The Bertz CT molecular complexity index is 819. The number of rotatable bonds is 5. The van der Waals surface area contributed by atoms with Crippen molar-refractivity contribution in [1.29, 1.82) is 0 Å². The Morgan fingerprint density at radius 1 is 0.885 bits per heavy atom. The molecule has 8 heteroatoms. The van der Waals surface area contributed by atoms with Crippen LogP contribution in [0, 0.1) is 23.3 Å². The van der Waals surface area contributed by atoms with Gasteiger partial charge in [-0.15, -0.1) is 0 Å². The second-order valence-corrected chi connectivity index (χ2v) is 4.97. The number of carbonyl (C=O) groups is 2. The summed E-state index contributed by atoms with van der Waals surface area (Å²) in [7, 11) is 0. The highest BCUT2D eigenvalue weighted by molar-refractivity contribution is 5.85. The lowest BCUT2D eigenvalue weighted by atomic mass is 10.1. The number of benzene rings is 2. The van der Waals surface area contributed by atoms with Gasteiger partial charge in [0, 0.05) is 18.1 Å². The molecule has 0 unspecified atom stereocenters. The molecular formula is C18H14F4O4. The maximum Gasteiger partial charge on any atom is 0.328 e. The van der Waals surface area contributed by atoms with Crippen LogP contribution >= 0.6 is 0 Å². The van der Waals surface area contributed by atoms with Gasteiger partial charge in [0.2, 0.25) is 0 Å². The van der Waals surface area contributed by atoms with E-state index in [9.17, 15) is 27.2 Å². The first-order valence-electron chi connectivity index (χ1n) is 7.21. The molecule has 0 bridgehead atoms. The van der Waals surface area contributed by atoms with Gasteiger partial charge in [0.15, 0.2) is 0 Å². The zero-order valence-corrected chi connectivity index (χ0v) is 13.3. The Labute approximate surface area is 146 Å². The molecule has 2 aromatic rings. The standard InChI is InChI=1S/C9H8F2O2.C9H6F2O2/c2*10-7-2-3-8(11)6(5-7)1-4-9(12)13/h2-3,5H,1,4H2,(H,12,13);1-5H,(H,12,13). The molecule has 2 N–H and O–H groups in total. The lowest BCUT2D eigenvalue weighted by Crippen LogP contribution is -1.99. The number of hydrogen-bond acceptors (Lipinski definition) is 2. The molecule has 138 valence electrons. The first-order valence-corrected chi connectivity index (χ1v) is 7.21. The molecule has 2 aromatic carbocycles. The molecule has 0 atom stereocenters. The van der Waals surface area contributed by atoms with Crippen LogP contribution in [0.4, 0.5) is 17.6 Å². The van der Waals surface area contributed by atoms with E-state index in [1.54, 1.807) is 0 Å². The second-order valence-electron chi connectivity index (χ2n) is 4.97. The molecule has 0 fully saturated rings. The van der Waals surface area contributed by atoms with E-state index in [-0.39, 0.29) is 24.0 Å². The molecule has 0 saturated heterocycles. The molecule has 2 rings (SSSR count). The lowest BCUT2D eigenvalue weighted by Gasteiger charge is -2.00. The summed E-state index contributed by atoms with van der Waals surface area (Å²) in [4.78, 5) is 20.2. The van der Waals surface area contributed by atoms with Gasteiger partial charge in [0.25, 0.3) is 0 Å². The van der Waals surface area contributed by atoms with Crippen molar-refractivity contribution in [3.63, 3.8) is 0 Å². The average molecular weight is 370 g/mol. The third-order valence-corrected chi connectivity index (χ3v) is 2.98. The number of halogens is 4. The fraction of sp³-hybridized carbons (Fsp3) is 0.111. The van der Waals surface area contributed by atoms with Crippen LogP contribution < -0.4 is 0 Å². The largest absolute Gasteiger partial charge is 0.481 e.